The van der Waals surface area contributed by atoms with Crippen LogP contribution in [0.25, 0.3) is 0 Å². The van der Waals surface area contributed by atoms with Gasteiger partial charge >= 0.3 is 0 Å². The molecule has 17 heavy (non-hydrogen) atoms. The van der Waals surface area contributed by atoms with Crippen molar-refractivity contribution in [1.82, 2.24) is 9.80 Å². The fraction of sp³-hybridized carbons (Fsp3) is 0.923. The van der Waals surface area contributed by atoms with Gasteiger partial charge in [-0.1, -0.05) is 12.8 Å². The molecule has 3 nitrogen and oxygen atoms in total. The SMILES string of the molecule is O=C1CC(Cl)CN1CCCN1CCCCCC1. The van der Waals surface area contributed by atoms with Gasteiger partial charge in [0.2, 0.25) is 5.91 Å². The average molecular weight is 259 g/mol. The topological polar surface area (TPSA) is 23.6 Å². The van der Waals surface area contributed by atoms with Gasteiger partial charge in [0.05, 0.1) is 5.38 Å². The summed E-state index contributed by atoms with van der Waals surface area (Å²) in [7, 11) is 0. The fourth-order valence-electron chi connectivity index (χ4n) is 2.79. The van der Waals surface area contributed by atoms with Gasteiger partial charge in [0.15, 0.2) is 0 Å². The van der Waals surface area contributed by atoms with Crippen LogP contribution in [-0.4, -0.2) is 53.8 Å². The number of carbonyl (C=O) groups excluding carboxylic acids is 1. The average Bonchev–Trinajstić information content (AvgIpc) is 2.54. The van der Waals surface area contributed by atoms with Crippen molar-refractivity contribution in [3.8, 4) is 0 Å². The van der Waals surface area contributed by atoms with E-state index in [1.807, 2.05) is 4.90 Å². The maximum absolute atomic E-state index is 11.5. The van der Waals surface area contributed by atoms with Crippen LogP contribution in [0.5, 0.6) is 0 Å². The van der Waals surface area contributed by atoms with Crippen molar-refractivity contribution in [3.63, 3.8) is 0 Å². The molecule has 2 rings (SSSR count). The molecular weight excluding hydrogens is 236 g/mol. The summed E-state index contributed by atoms with van der Waals surface area (Å²) < 4.78 is 0. The first-order valence-electron chi connectivity index (χ1n) is 6.90. The van der Waals surface area contributed by atoms with Gasteiger partial charge < -0.3 is 9.80 Å². The van der Waals surface area contributed by atoms with Crippen molar-refractivity contribution in [2.45, 2.75) is 43.9 Å². The minimum atomic E-state index is 0.0423. The van der Waals surface area contributed by atoms with Crippen molar-refractivity contribution >= 4 is 17.5 Å². The smallest absolute Gasteiger partial charge is 0.224 e. The standard InChI is InChI=1S/C13H23ClN2O/c14-12-10-13(17)16(11-12)9-5-8-15-6-3-1-2-4-7-15/h12H,1-11H2. The Morgan fingerprint density at radius 3 is 2.41 bits per heavy atom. The lowest BCUT2D eigenvalue weighted by atomic mass is 10.2. The zero-order chi connectivity index (χ0) is 12.1. The van der Waals surface area contributed by atoms with Crippen molar-refractivity contribution < 1.29 is 4.79 Å². The summed E-state index contributed by atoms with van der Waals surface area (Å²) in [6.45, 7) is 5.26. The number of rotatable bonds is 4. The number of likely N-dealkylation sites (tertiary alicyclic amines) is 2. The summed E-state index contributed by atoms with van der Waals surface area (Å²) in [5.74, 6) is 0.237. The van der Waals surface area contributed by atoms with Crippen LogP contribution in [0.4, 0.5) is 0 Å². The maximum atomic E-state index is 11.5. The van der Waals surface area contributed by atoms with E-state index in [4.69, 9.17) is 11.6 Å². The summed E-state index contributed by atoms with van der Waals surface area (Å²) in [4.78, 5) is 16.0. The molecule has 0 N–H and O–H groups in total. The van der Waals surface area contributed by atoms with Gasteiger partial charge in [-0.2, -0.15) is 0 Å². The van der Waals surface area contributed by atoms with Crippen LogP contribution in [0.2, 0.25) is 0 Å². The van der Waals surface area contributed by atoms with Crippen LogP contribution in [0.3, 0.4) is 0 Å². The molecule has 0 bridgehead atoms. The summed E-state index contributed by atoms with van der Waals surface area (Å²) in [5, 5.41) is 0.0423. The molecule has 4 heteroatoms. The third-order valence-corrected chi connectivity index (χ3v) is 4.06. The van der Waals surface area contributed by atoms with Gasteiger partial charge in [0, 0.05) is 19.5 Å². The van der Waals surface area contributed by atoms with E-state index < -0.39 is 0 Å². The highest BCUT2D eigenvalue weighted by Gasteiger charge is 2.27. The molecule has 0 aliphatic carbocycles. The molecule has 2 fully saturated rings. The van der Waals surface area contributed by atoms with Crippen LogP contribution in [0, 0.1) is 0 Å². The second kappa shape index (κ2) is 6.60. The van der Waals surface area contributed by atoms with E-state index in [1.54, 1.807) is 0 Å². The molecule has 2 saturated heterocycles. The van der Waals surface area contributed by atoms with Gasteiger partial charge in [-0.25, -0.2) is 0 Å². The minimum absolute atomic E-state index is 0.0423. The van der Waals surface area contributed by atoms with Crippen LogP contribution >= 0.6 is 11.6 Å². The zero-order valence-corrected chi connectivity index (χ0v) is 11.3. The minimum Gasteiger partial charge on any atom is -0.341 e. The molecule has 0 saturated carbocycles. The number of hydrogen-bond donors (Lipinski definition) is 0. The Morgan fingerprint density at radius 2 is 1.82 bits per heavy atom. The Bertz CT molecular complexity index is 252. The molecular formula is C13H23ClN2O. The number of amides is 1. The molecule has 0 spiro atoms. The lowest BCUT2D eigenvalue weighted by Gasteiger charge is -2.22. The summed E-state index contributed by atoms with van der Waals surface area (Å²) in [6, 6.07) is 0. The van der Waals surface area contributed by atoms with Crippen molar-refractivity contribution in [1.29, 1.82) is 0 Å². The molecule has 0 aromatic heterocycles. The molecule has 2 aliphatic heterocycles. The van der Waals surface area contributed by atoms with E-state index in [9.17, 15) is 4.79 Å². The Kier molecular flexibility index (Phi) is 5.11. The highest BCUT2D eigenvalue weighted by Crippen LogP contribution is 2.16. The summed E-state index contributed by atoms with van der Waals surface area (Å²) in [6.07, 6.45) is 7.07. The number of carbonyl (C=O) groups is 1. The summed E-state index contributed by atoms with van der Waals surface area (Å²) in [5.41, 5.74) is 0. The molecule has 1 unspecified atom stereocenters. The number of nitrogens with zero attached hydrogens (tertiary/aromatic N) is 2. The third kappa shape index (κ3) is 4.14. The van der Waals surface area contributed by atoms with E-state index in [2.05, 4.69) is 4.90 Å². The second-order valence-electron chi connectivity index (χ2n) is 5.25. The van der Waals surface area contributed by atoms with Crippen molar-refractivity contribution in [2.75, 3.05) is 32.7 Å². The van der Waals surface area contributed by atoms with Gasteiger partial charge in [0.25, 0.3) is 0 Å². The van der Waals surface area contributed by atoms with Crippen LogP contribution in [0.1, 0.15) is 38.5 Å². The van der Waals surface area contributed by atoms with E-state index in [1.165, 1.54) is 38.8 Å². The Hall–Kier alpha value is -0.280. The second-order valence-corrected chi connectivity index (χ2v) is 5.87. The molecule has 1 atom stereocenters. The van der Waals surface area contributed by atoms with Crippen LogP contribution < -0.4 is 0 Å². The van der Waals surface area contributed by atoms with E-state index in [0.29, 0.717) is 6.42 Å². The molecule has 98 valence electrons. The van der Waals surface area contributed by atoms with E-state index in [-0.39, 0.29) is 11.3 Å². The highest BCUT2D eigenvalue weighted by molar-refractivity contribution is 6.22. The first-order chi connectivity index (χ1) is 8.25. The number of hydrogen-bond acceptors (Lipinski definition) is 2. The molecule has 1 amide bonds. The van der Waals surface area contributed by atoms with Crippen molar-refractivity contribution in [3.05, 3.63) is 0 Å². The van der Waals surface area contributed by atoms with Gasteiger partial charge in [-0.3, -0.25) is 4.79 Å². The molecule has 0 aromatic rings. The Morgan fingerprint density at radius 1 is 1.12 bits per heavy atom. The lowest BCUT2D eigenvalue weighted by Crippen LogP contribution is -2.31. The van der Waals surface area contributed by atoms with Crippen LogP contribution in [0.15, 0.2) is 0 Å². The monoisotopic (exact) mass is 258 g/mol. The largest absolute Gasteiger partial charge is 0.341 e. The van der Waals surface area contributed by atoms with Gasteiger partial charge in [-0.15, -0.1) is 11.6 Å². The Labute approximate surface area is 109 Å². The maximum Gasteiger partial charge on any atom is 0.224 e. The fourth-order valence-corrected chi connectivity index (χ4v) is 3.08. The molecule has 2 aliphatic rings. The highest BCUT2D eigenvalue weighted by atomic mass is 35.5. The van der Waals surface area contributed by atoms with Gasteiger partial charge in [-0.05, 0) is 38.9 Å². The molecule has 2 heterocycles. The first kappa shape index (κ1) is 13.2. The molecule has 0 radical (unpaired) electrons. The summed E-state index contributed by atoms with van der Waals surface area (Å²) >= 11 is 5.98. The van der Waals surface area contributed by atoms with Crippen molar-refractivity contribution in [2.24, 2.45) is 0 Å². The third-order valence-electron chi connectivity index (χ3n) is 3.77. The van der Waals surface area contributed by atoms with Gasteiger partial charge in [0.1, 0.15) is 0 Å². The predicted octanol–water partition coefficient (Wildman–Crippen LogP) is 2.09. The lowest BCUT2D eigenvalue weighted by molar-refractivity contribution is -0.127. The van der Waals surface area contributed by atoms with Crippen LogP contribution in [-0.2, 0) is 4.79 Å². The van der Waals surface area contributed by atoms with E-state index >= 15 is 0 Å². The first-order valence-corrected chi connectivity index (χ1v) is 7.33. The number of alkyl halides is 1. The quantitative estimate of drug-likeness (QED) is 0.721. The van der Waals surface area contributed by atoms with E-state index in [0.717, 1.165) is 26.1 Å². The Balaban J connectivity index is 1.63. The normalized spacial score (nSPS) is 27.5. The molecule has 0 aromatic carbocycles. The number of halogens is 1. The zero-order valence-electron chi connectivity index (χ0n) is 10.5. The predicted molar refractivity (Wildman–Crippen MR) is 70.4 cm³/mol.